The molecule has 5 heteroatoms. The summed E-state index contributed by atoms with van der Waals surface area (Å²) < 4.78 is 5.12. The standard InChI is InChI=1S/C15H17N3O2/c1-11-9-13(20-2)3-4-14(11)15(19)16-7-5-12-6-8-17-18-10-12/h3-4,6,8-10H,5,7H2,1-2H3,(H,16,19). The van der Waals surface area contributed by atoms with Gasteiger partial charge in [0.25, 0.3) is 5.91 Å². The zero-order chi connectivity index (χ0) is 14.4. The summed E-state index contributed by atoms with van der Waals surface area (Å²) in [6, 6.07) is 7.30. The lowest BCUT2D eigenvalue weighted by molar-refractivity contribution is 0.0953. The monoisotopic (exact) mass is 271 g/mol. The van der Waals surface area contributed by atoms with Crippen LogP contribution >= 0.6 is 0 Å². The number of nitrogens with one attached hydrogen (secondary N) is 1. The number of hydrogen-bond donors (Lipinski definition) is 1. The van der Waals surface area contributed by atoms with Crippen molar-refractivity contribution in [2.45, 2.75) is 13.3 Å². The number of ether oxygens (including phenoxy) is 1. The Labute approximate surface area is 118 Å². The summed E-state index contributed by atoms with van der Waals surface area (Å²) in [5, 5.41) is 10.4. The van der Waals surface area contributed by atoms with E-state index in [2.05, 4.69) is 15.5 Å². The number of carbonyl (C=O) groups excluding carboxylic acids is 1. The fraction of sp³-hybridized carbons (Fsp3) is 0.267. The van der Waals surface area contributed by atoms with Crippen molar-refractivity contribution in [1.29, 1.82) is 0 Å². The topological polar surface area (TPSA) is 64.1 Å². The molecule has 2 aromatic rings. The van der Waals surface area contributed by atoms with Crippen molar-refractivity contribution in [3.8, 4) is 5.75 Å². The molecule has 1 aromatic carbocycles. The molecule has 20 heavy (non-hydrogen) atoms. The first kappa shape index (κ1) is 14.0. The summed E-state index contributed by atoms with van der Waals surface area (Å²) >= 11 is 0. The van der Waals surface area contributed by atoms with Crippen molar-refractivity contribution in [2.24, 2.45) is 0 Å². The largest absolute Gasteiger partial charge is 0.497 e. The van der Waals surface area contributed by atoms with Gasteiger partial charge in [-0.3, -0.25) is 4.79 Å². The van der Waals surface area contributed by atoms with Gasteiger partial charge in [0.15, 0.2) is 0 Å². The molecule has 5 nitrogen and oxygen atoms in total. The third-order valence-electron chi connectivity index (χ3n) is 3.02. The molecular formula is C15H17N3O2. The minimum atomic E-state index is -0.0767. The second kappa shape index (κ2) is 6.65. The number of aromatic nitrogens is 2. The number of nitrogens with zero attached hydrogens (tertiary/aromatic N) is 2. The quantitative estimate of drug-likeness (QED) is 0.900. The first-order chi connectivity index (χ1) is 9.70. The number of hydrogen-bond acceptors (Lipinski definition) is 4. The molecule has 2 rings (SSSR count). The second-order valence-corrected chi connectivity index (χ2v) is 4.44. The van der Waals surface area contributed by atoms with E-state index in [1.165, 1.54) is 0 Å². The maximum atomic E-state index is 12.1. The van der Waals surface area contributed by atoms with E-state index < -0.39 is 0 Å². The third kappa shape index (κ3) is 3.54. The summed E-state index contributed by atoms with van der Waals surface area (Å²) in [6.45, 7) is 2.46. The van der Waals surface area contributed by atoms with Crippen LogP contribution in [0.3, 0.4) is 0 Å². The van der Waals surface area contributed by atoms with Gasteiger partial charge in [-0.1, -0.05) is 0 Å². The van der Waals surface area contributed by atoms with E-state index in [-0.39, 0.29) is 5.91 Å². The summed E-state index contributed by atoms with van der Waals surface area (Å²) in [4.78, 5) is 12.1. The number of methoxy groups -OCH3 is 1. The van der Waals surface area contributed by atoms with Crippen LogP contribution in [0.4, 0.5) is 0 Å². The van der Waals surface area contributed by atoms with Gasteiger partial charge in [-0.2, -0.15) is 10.2 Å². The van der Waals surface area contributed by atoms with Crippen LogP contribution in [-0.2, 0) is 6.42 Å². The van der Waals surface area contributed by atoms with Gasteiger partial charge < -0.3 is 10.1 Å². The molecule has 1 amide bonds. The lowest BCUT2D eigenvalue weighted by atomic mass is 10.1. The van der Waals surface area contributed by atoms with Gasteiger partial charge >= 0.3 is 0 Å². The predicted molar refractivity (Wildman–Crippen MR) is 75.8 cm³/mol. The number of carbonyl (C=O) groups is 1. The Balaban J connectivity index is 1.92. The molecule has 1 N–H and O–H groups in total. The molecule has 104 valence electrons. The molecule has 0 aliphatic heterocycles. The van der Waals surface area contributed by atoms with E-state index in [0.29, 0.717) is 12.1 Å². The molecule has 0 aliphatic carbocycles. The van der Waals surface area contributed by atoms with E-state index in [1.807, 2.05) is 19.1 Å². The Kier molecular flexibility index (Phi) is 4.65. The van der Waals surface area contributed by atoms with Crippen molar-refractivity contribution in [2.75, 3.05) is 13.7 Å². The molecule has 1 heterocycles. The molecule has 0 bridgehead atoms. The van der Waals surface area contributed by atoms with Gasteiger partial charge in [0.05, 0.1) is 13.3 Å². The van der Waals surface area contributed by atoms with E-state index in [1.54, 1.807) is 31.6 Å². The van der Waals surface area contributed by atoms with Crippen molar-refractivity contribution >= 4 is 5.91 Å². The Bertz CT molecular complexity index is 585. The average Bonchev–Trinajstić information content (AvgIpc) is 2.48. The average molecular weight is 271 g/mol. The molecule has 0 saturated carbocycles. The second-order valence-electron chi connectivity index (χ2n) is 4.44. The van der Waals surface area contributed by atoms with Crippen molar-refractivity contribution < 1.29 is 9.53 Å². The molecular weight excluding hydrogens is 254 g/mol. The summed E-state index contributed by atoms with van der Waals surface area (Å²) in [7, 11) is 1.61. The van der Waals surface area contributed by atoms with Gasteiger partial charge in [0.2, 0.25) is 0 Å². The van der Waals surface area contributed by atoms with Crippen LogP contribution < -0.4 is 10.1 Å². The number of benzene rings is 1. The van der Waals surface area contributed by atoms with Crippen LogP contribution in [-0.4, -0.2) is 29.8 Å². The first-order valence-electron chi connectivity index (χ1n) is 6.39. The van der Waals surface area contributed by atoms with E-state index in [0.717, 1.165) is 23.3 Å². The highest BCUT2D eigenvalue weighted by atomic mass is 16.5. The maximum Gasteiger partial charge on any atom is 0.251 e. The minimum absolute atomic E-state index is 0.0767. The van der Waals surface area contributed by atoms with E-state index >= 15 is 0 Å². The van der Waals surface area contributed by atoms with Crippen molar-refractivity contribution in [1.82, 2.24) is 15.5 Å². The number of aryl methyl sites for hydroxylation is 1. The SMILES string of the molecule is COc1ccc(C(=O)NCCc2ccnnc2)c(C)c1. The third-order valence-corrected chi connectivity index (χ3v) is 3.02. The fourth-order valence-corrected chi connectivity index (χ4v) is 1.90. The lowest BCUT2D eigenvalue weighted by Gasteiger charge is -2.09. The van der Waals surface area contributed by atoms with Crippen LogP contribution in [0.5, 0.6) is 5.75 Å². The Morgan fingerprint density at radius 1 is 1.30 bits per heavy atom. The van der Waals surface area contributed by atoms with Gasteiger partial charge in [0, 0.05) is 18.3 Å². The Morgan fingerprint density at radius 2 is 2.15 bits per heavy atom. The minimum Gasteiger partial charge on any atom is -0.497 e. The van der Waals surface area contributed by atoms with Gasteiger partial charge in [-0.25, -0.2) is 0 Å². The van der Waals surface area contributed by atoms with Crippen LogP contribution in [0.25, 0.3) is 0 Å². The number of rotatable bonds is 5. The van der Waals surface area contributed by atoms with Crippen LogP contribution in [0.1, 0.15) is 21.5 Å². The van der Waals surface area contributed by atoms with E-state index in [9.17, 15) is 4.79 Å². The van der Waals surface area contributed by atoms with Gasteiger partial charge in [-0.05, 0) is 48.7 Å². The van der Waals surface area contributed by atoms with Gasteiger partial charge in [0.1, 0.15) is 5.75 Å². The van der Waals surface area contributed by atoms with Crippen molar-refractivity contribution in [3.63, 3.8) is 0 Å². The molecule has 0 fully saturated rings. The van der Waals surface area contributed by atoms with Crippen LogP contribution in [0.2, 0.25) is 0 Å². The highest BCUT2D eigenvalue weighted by Crippen LogP contribution is 2.16. The molecule has 0 radical (unpaired) electrons. The molecule has 0 spiro atoms. The zero-order valence-electron chi connectivity index (χ0n) is 11.6. The molecule has 1 aromatic heterocycles. The van der Waals surface area contributed by atoms with Gasteiger partial charge in [-0.15, -0.1) is 0 Å². The van der Waals surface area contributed by atoms with E-state index in [4.69, 9.17) is 4.74 Å². The normalized spacial score (nSPS) is 10.1. The predicted octanol–water partition coefficient (Wildman–Crippen LogP) is 1.77. The highest BCUT2D eigenvalue weighted by Gasteiger charge is 2.09. The fourth-order valence-electron chi connectivity index (χ4n) is 1.90. The highest BCUT2D eigenvalue weighted by molar-refractivity contribution is 5.95. The first-order valence-corrected chi connectivity index (χ1v) is 6.39. The lowest BCUT2D eigenvalue weighted by Crippen LogP contribution is -2.26. The zero-order valence-corrected chi connectivity index (χ0v) is 11.6. The summed E-state index contributed by atoms with van der Waals surface area (Å²) in [5.41, 5.74) is 2.61. The van der Waals surface area contributed by atoms with Crippen LogP contribution in [0.15, 0.2) is 36.7 Å². The molecule has 0 unspecified atom stereocenters. The molecule has 0 saturated heterocycles. The number of amides is 1. The molecule has 0 atom stereocenters. The maximum absolute atomic E-state index is 12.1. The summed E-state index contributed by atoms with van der Waals surface area (Å²) in [5.74, 6) is 0.675. The molecule has 0 aliphatic rings. The smallest absolute Gasteiger partial charge is 0.251 e. The Morgan fingerprint density at radius 3 is 2.80 bits per heavy atom. The Hall–Kier alpha value is -2.43. The van der Waals surface area contributed by atoms with Crippen molar-refractivity contribution in [3.05, 3.63) is 53.3 Å². The van der Waals surface area contributed by atoms with Crippen LogP contribution in [0, 0.1) is 6.92 Å². The summed E-state index contributed by atoms with van der Waals surface area (Å²) in [6.07, 6.45) is 4.08.